The maximum Gasteiger partial charge on any atom is 0.322 e. The molecule has 0 aliphatic carbocycles. The summed E-state index contributed by atoms with van der Waals surface area (Å²) in [6.45, 7) is 1.87. The molecule has 0 saturated carbocycles. The third-order valence-corrected chi connectivity index (χ3v) is 2.45. The van der Waals surface area contributed by atoms with Crippen molar-refractivity contribution < 1.29 is 14.7 Å². The zero-order valence-electron chi connectivity index (χ0n) is 9.64. The lowest BCUT2D eigenvalue weighted by Gasteiger charge is -2.09. The standard InChI is InChI=1S/C12H16N2O3/c1-8-4-2-3-5-9(8)6-11(15)14-7-10(13)12(16)17/h2-5,10H,6-7,13H2,1H3,(H,14,15)(H,16,17). The molecule has 5 nitrogen and oxygen atoms in total. The summed E-state index contributed by atoms with van der Waals surface area (Å²) in [6.07, 6.45) is 0.235. The molecule has 0 bridgehead atoms. The number of rotatable bonds is 5. The lowest BCUT2D eigenvalue weighted by atomic mass is 10.1. The highest BCUT2D eigenvalue weighted by Gasteiger charge is 2.13. The van der Waals surface area contributed by atoms with Crippen molar-refractivity contribution in [3.63, 3.8) is 0 Å². The Morgan fingerprint density at radius 3 is 2.65 bits per heavy atom. The molecule has 0 aliphatic heterocycles. The molecule has 0 aromatic heterocycles. The lowest BCUT2D eigenvalue weighted by molar-refractivity contribution is -0.138. The molecule has 1 aromatic carbocycles. The number of carbonyl (C=O) groups is 2. The second kappa shape index (κ2) is 6.00. The van der Waals surface area contributed by atoms with Crippen LogP contribution in [0.5, 0.6) is 0 Å². The van der Waals surface area contributed by atoms with E-state index in [1.54, 1.807) is 0 Å². The lowest BCUT2D eigenvalue weighted by Crippen LogP contribution is -2.42. The number of aliphatic carboxylic acids is 1. The summed E-state index contributed by atoms with van der Waals surface area (Å²) < 4.78 is 0. The molecule has 1 rings (SSSR count). The van der Waals surface area contributed by atoms with Gasteiger partial charge in [0.1, 0.15) is 6.04 Å². The molecule has 4 N–H and O–H groups in total. The molecule has 5 heteroatoms. The molecule has 1 amide bonds. The second-order valence-corrected chi connectivity index (χ2v) is 3.85. The van der Waals surface area contributed by atoms with Crippen molar-refractivity contribution in [1.29, 1.82) is 0 Å². The summed E-state index contributed by atoms with van der Waals surface area (Å²) in [5.74, 6) is -1.35. The predicted octanol–water partition coefficient (Wildman–Crippen LogP) is 0.0656. The molecule has 17 heavy (non-hydrogen) atoms. The van der Waals surface area contributed by atoms with Gasteiger partial charge in [-0.2, -0.15) is 0 Å². The van der Waals surface area contributed by atoms with Gasteiger partial charge >= 0.3 is 5.97 Å². The van der Waals surface area contributed by atoms with E-state index < -0.39 is 12.0 Å². The molecule has 0 heterocycles. The van der Waals surface area contributed by atoms with Crippen LogP contribution in [0.1, 0.15) is 11.1 Å². The van der Waals surface area contributed by atoms with Crippen molar-refractivity contribution in [2.45, 2.75) is 19.4 Å². The van der Waals surface area contributed by atoms with Crippen molar-refractivity contribution in [2.75, 3.05) is 6.54 Å². The number of hydrogen-bond donors (Lipinski definition) is 3. The first-order valence-corrected chi connectivity index (χ1v) is 5.30. The number of benzene rings is 1. The topological polar surface area (TPSA) is 92.4 Å². The molecule has 0 aliphatic rings. The molecule has 1 unspecified atom stereocenters. The van der Waals surface area contributed by atoms with Gasteiger partial charge in [0.25, 0.3) is 0 Å². The first-order valence-electron chi connectivity index (χ1n) is 5.30. The van der Waals surface area contributed by atoms with Gasteiger partial charge in [0.15, 0.2) is 0 Å². The van der Waals surface area contributed by atoms with E-state index in [-0.39, 0.29) is 18.9 Å². The summed E-state index contributed by atoms with van der Waals surface area (Å²) in [6, 6.07) is 6.49. The molecule has 0 radical (unpaired) electrons. The minimum Gasteiger partial charge on any atom is -0.480 e. The number of carbonyl (C=O) groups excluding carboxylic acids is 1. The van der Waals surface area contributed by atoms with E-state index in [9.17, 15) is 9.59 Å². The van der Waals surface area contributed by atoms with Crippen LogP contribution in [0.3, 0.4) is 0 Å². The maximum atomic E-state index is 11.5. The maximum absolute atomic E-state index is 11.5. The van der Waals surface area contributed by atoms with Crippen LogP contribution in [-0.2, 0) is 16.0 Å². The van der Waals surface area contributed by atoms with Crippen LogP contribution in [0.2, 0.25) is 0 Å². The van der Waals surface area contributed by atoms with Crippen LogP contribution >= 0.6 is 0 Å². The Bertz CT molecular complexity index is 418. The van der Waals surface area contributed by atoms with Gasteiger partial charge in [-0.05, 0) is 18.1 Å². The number of nitrogens with one attached hydrogen (secondary N) is 1. The third kappa shape index (κ3) is 4.24. The van der Waals surface area contributed by atoms with E-state index in [0.29, 0.717) is 0 Å². The number of carboxylic acid groups (broad SMARTS) is 1. The van der Waals surface area contributed by atoms with E-state index >= 15 is 0 Å². The summed E-state index contributed by atoms with van der Waals surface area (Å²) >= 11 is 0. The fourth-order valence-corrected chi connectivity index (χ4v) is 1.36. The molecular weight excluding hydrogens is 220 g/mol. The Kier molecular flexibility index (Phi) is 4.66. The highest BCUT2D eigenvalue weighted by atomic mass is 16.4. The Morgan fingerprint density at radius 1 is 1.41 bits per heavy atom. The van der Waals surface area contributed by atoms with Crippen LogP contribution < -0.4 is 11.1 Å². The summed E-state index contributed by atoms with van der Waals surface area (Å²) in [5, 5.41) is 11.0. The Balaban J connectivity index is 2.46. The Morgan fingerprint density at radius 2 is 2.06 bits per heavy atom. The molecule has 0 spiro atoms. The molecule has 1 atom stereocenters. The van der Waals surface area contributed by atoms with Gasteiger partial charge in [0.05, 0.1) is 6.42 Å². The van der Waals surface area contributed by atoms with E-state index in [0.717, 1.165) is 11.1 Å². The van der Waals surface area contributed by atoms with Gasteiger partial charge in [-0.25, -0.2) is 0 Å². The van der Waals surface area contributed by atoms with Crippen LogP contribution in [0, 0.1) is 6.92 Å². The zero-order valence-corrected chi connectivity index (χ0v) is 9.64. The van der Waals surface area contributed by atoms with Crippen molar-refractivity contribution in [3.8, 4) is 0 Å². The first-order chi connectivity index (χ1) is 8.00. The third-order valence-electron chi connectivity index (χ3n) is 2.45. The van der Waals surface area contributed by atoms with Gasteiger partial charge in [-0.15, -0.1) is 0 Å². The fourth-order valence-electron chi connectivity index (χ4n) is 1.36. The minimum absolute atomic E-state index is 0.0555. The fraction of sp³-hybridized carbons (Fsp3) is 0.333. The molecule has 1 aromatic rings. The van der Waals surface area contributed by atoms with Crippen LogP contribution in [0.4, 0.5) is 0 Å². The van der Waals surface area contributed by atoms with Gasteiger partial charge in [0, 0.05) is 6.54 Å². The first kappa shape index (κ1) is 13.2. The highest BCUT2D eigenvalue weighted by Crippen LogP contribution is 2.07. The minimum atomic E-state index is -1.12. The summed E-state index contributed by atoms with van der Waals surface area (Å²) in [7, 11) is 0. The van der Waals surface area contributed by atoms with Crippen molar-refractivity contribution >= 4 is 11.9 Å². The van der Waals surface area contributed by atoms with E-state index in [1.807, 2.05) is 31.2 Å². The van der Waals surface area contributed by atoms with Gasteiger partial charge in [-0.3, -0.25) is 9.59 Å². The predicted molar refractivity (Wildman–Crippen MR) is 63.5 cm³/mol. The number of hydrogen-bond acceptors (Lipinski definition) is 3. The number of carboxylic acids is 1. The SMILES string of the molecule is Cc1ccccc1CC(=O)NCC(N)C(=O)O. The second-order valence-electron chi connectivity index (χ2n) is 3.85. The normalized spacial score (nSPS) is 11.9. The van der Waals surface area contributed by atoms with Crippen LogP contribution in [0.25, 0.3) is 0 Å². The van der Waals surface area contributed by atoms with Gasteiger partial charge in [-0.1, -0.05) is 24.3 Å². The molecule has 0 fully saturated rings. The molecule has 92 valence electrons. The van der Waals surface area contributed by atoms with Crippen LogP contribution in [0.15, 0.2) is 24.3 Å². The van der Waals surface area contributed by atoms with E-state index in [4.69, 9.17) is 10.8 Å². The molecule has 0 saturated heterocycles. The largest absolute Gasteiger partial charge is 0.480 e. The van der Waals surface area contributed by atoms with Gasteiger partial charge < -0.3 is 16.2 Å². The quantitative estimate of drug-likeness (QED) is 0.674. The van der Waals surface area contributed by atoms with Crippen molar-refractivity contribution in [2.24, 2.45) is 5.73 Å². The zero-order chi connectivity index (χ0) is 12.8. The summed E-state index contributed by atoms with van der Waals surface area (Å²) in [5.41, 5.74) is 7.23. The van der Waals surface area contributed by atoms with E-state index in [1.165, 1.54) is 0 Å². The average Bonchev–Trinajstić information content (AvgIpc) is 2.29. The average molecular weight is 236 g/mol. The Labute approximate surface area is 99.6 Å². The number of amides is 1. The van der Waals surface area contributed by atoms with Crippen molar-refractivity contribution in [3.05, 3.63) is 35.4 Å². The highest BCUT2D eigenvalue weighted by molar-refractivity contribution is 5.80. The Hall–Kier alpha value is -1.88. The number of aryl methyl sites for hydroxylation is 1. The monoisotopic (exact) mass is 236 g/mol. The summed E-state index contributed by atoms with van der Waals surface area (Å²) in [4.78, 5) is 22.0. The van der Waals surface area contributed by atoms with Gasteiger partial charge in [0.2, 0.25) is 5.91 Å². The molecular formula is C12H16N2O3. The van der Waals surface area contributed by atoms with Crippen molar-refractivity contribution in [1.82, 2.24) is 5.32 Å². The van der Waals surface area contributed by atoms with E-state index in [2.05, 4.69) is 5.32 Å². The van der Waals surface area contributed by atoms with Crippen LogP contribution in [-0.4, -0.2) is 29.6 Å². The smallest absolute Gasteiger partial charge is 0.322 e. The number of nitrogens with two attached hydrogens (primary N) is 1.